The number of aromatic amines is 1. The number of nitrogens with zero attached hydrogens (tertiary/aromatic N) is 6. The van der Waals surface area contributed by atoms with Gasteiger partial charge in [0, 0.05) is 18.4 Å². The minimum absolute atomic E-state index is 0.592. The summed E-state index contributed by atoms with van der Waals surface area (Å²) in [6, 6.07) is 27.2. The molecule has 170 valence electrons. The third-order valence-electron chi connectivity index (χ3n) is 5.86. The molecule has 7 heteroatoms. The smallest absolute Gasteiger partial charge is 0.205 e. The fraction of sp³-hybridized carbons (Fsp3) is 0.222. The summed E-state index contributed by atoms with van der Waals surface area (Å²) in [4.78, 5) is 4.85. The zero-order chi connectivity index (χ0) is 23.2. The minimum Gasteiger partial charge on any atom is -0.245 e. The maximum Gasteiger partial charge on any atom is 0.205 e. The lowest BCUT2D eigenvalue weighted by Crippen LogP contribution is -2.07. The van der Waals surface area contributed by atoms with Gasteiger partial charge in [-0.1, -0.05) is 85.8 Å². The second-order valence-corrected chi connectivity index (χ2v) is 8.32. The van der Waals surface area contributed by atoms with Crippen LogP contribution < -0.4 is 0 Å². The van der Waals surface area contributed by atoms with Crippen molar-refractivity contribution in [3.8, 4) is 22.5 Å². The van der Waals surface area contributed by atoms with E-state index in [9.17, 15) is 0 Å². The number of hydrogen-bond acceptors (Lipinski definition) is 5. The quantitative estimate of drug-likeness (QED) is 0.346. The molecule has 0 unspecified atom stereocenters. The lowest BCUT2D eigenvalue weighted by atomic mass is 9.98. The summed E-state index contributed by atoms with van der Waals surface area (Å²) in [6.45, 7) is 2.89. The highest BCUT2D eigenvalue weighted by Crippen LogP contribution is 2.29. The molecule has 7 nitrogen and oxygen atoms in total. The van der Waals surface area contributed by atoms with Crippen LogP contribution >= 0.6 is 0 Å². The van der Waals surface area contributed by atoms with E-state index >= 15 is 0 Å². The normalized spacial score (nSPS) is 11.1. The molecule has 0 bridgehead atoms. The molecular weight excluding hydrogens is 422 g/mol. The lowest BCUT2D eigenvalue weighted by Gasteiger charge is -2.09. The lowest BCUT2D eigenvalue weighted by molar-refractivity contribution is 0.624. The standard InChI is InChI=1S/C27H27N7/c1-2-8-26-28-25(18-15-20-9-4-3-5-10-20)31-34(26)19-21-13-16-22(17-14-21)23-11-6-7-12-24(23)27-29-32-33-30-27/h3-7,9-14,16-17H,2,8,15,18-19H2,1H3,(H,29,30,32,33). The Morgan fingerprint density at radius 3 is 2.26 bits per heavy atom. The Balaban J connectivity index is 1.34. The molecule has 0 spiro atoms. The van der Waals surface area contributed by atoms with Crippen LogP contribution in [0.1, 0.15) is 36.1 Å². The van der Waals surface area contributed by atoms with Gasteiger partial charge in [-0.25, -0.2) is 9.67 Å². The van der Waals surface area contributed by atoms with Gasteiger partial charge in [-0.3, -0.25) is 0 Å². The van der Waals surface area contributed by atoms with E-state index in [2.05, 4.69) is 86.8 Å². The van der Waals surface area contributed by atoms with E-state index in [1.807, 2.05) is 24.3 Å². The second kappa shape index (κ2) is 10.2. The first-order valence-corrected chi connectivity index (χ1v) is 11.7. The number of rotatable bonds is 9. The molecule has 0 atom stereocenters. The Morgan fingerprint density at radius 2 is 1.53 bits per heavy atom. The molecule has 0 saturated carbocycles. The minimum atomic E-state index is 0.592. The van der Waals surface area contributed by atoms with Crippen molar-refractivity contribution in [2.75, 3.05) is 0 Å². The van der Waals surface area contributed by atoms with Crippen LogP contribution in [-0.4, -0.2) is 35.4 Å². The number of H-pyrrole nitrogens is 1. The number of benzene rings is 3. The molecule has 0 aliphatic carbocycles. The number of nitrogens with one attached hydrogen (secondary N) is 1. The van der Waals surface area contributed by atoms with Gasteiger partial charge in [-0.15, -0.1) is 10.2 Å². The average molecular weight is 450 g/mol. The zero-order valence-electron chi connectivity index (χ0n) is 19.2. The van der Waals surface area contributed by atoms with Gasteiger partial charge in [-0.05, 0) is 40.3 Å². The van der Waals surface area contributed by atoms with Crippen molar-refractivity contribution in [3.05, 3.63) is 102 Å². The van der Waals surface area contributed by atoms with Crippen molar-refractivity contribution in [2.45, 2.75) is 39.2 Å². The summed E-state index contributed by atoms with van der Waals surface area (Å²) in [5.74, 6) is 2.56. The van der Waals surface area contributed by atoms with Gasteiger partial charge in [-0.2, -0.15) is 10.3 Å². The third-order valence-corrected chi connectivity index (χ3v) is 5.86. The molecule has 2 heterocycles. The second-order valence-electron chi connectivity index (χ2n) is 8.32. The summed E-state index contributed by atoms with van der Waals surface area (Å²) in [6.07, 6.45) is 3.77. The highest BCUT2D eigenvalue weighted by Gasteiger charge is 2.12. The molecular formula is C27H27N7. The van der Waals surface area contributed by atoms with E-state index in [0.29, 0.717) is 12.4 Å². The van der Waals surface area contributed by atoms with E-state index in [1.165, 1.54) is 11.1 Å². The van der Waals surface area contributed by atoms with E-state index in [1.54, 1.807) is 0 Å². The summed E-state index contributed by atoms with van der Waals surface area (Å²) >= 11 is 0. The third kappa shape index (κ3) is 4.93. The summed E-state index contributed by atoms with van der Waals surface area (Å²) in [5, 5.41) is 19.4. The average Bonchev–Trinajstić information content (AvgIpc) is 3.55. The van der Waals surface area contributed by atoms with Crippen LogP contribution in [0.25, 0.3) is 22.5 Å². The van der Waals surface area contributed by atoms with Crippen LogP contribution in [0.15, 0.2) is 78.9 Å². The van der Waals surface area contributed by atoms with Gasteiger partial charge in [0.2, 0.25) is 5.82 Å². The molecule has 0 aliphatic heterocycles. The molecule has 2 aromatic heterocycles. The molecule has 5 aromatic rings. The van der Waals surface area contributed by atoms with Gasteiger partial charge in [0.25, 0.3) is 0 Å². The van der Waals surface area contributed by atoms with Gasteiger partial charge >= 0.3 is 0 Å². The number of aromatic nitrogens is 7. The predicted octanol–water partition coefficient (Wildman–Crippen LogP) is 4.91. The molecule has 1 N–H and O–H groups in total. The summed E-state index contributed by atoms with van der Waals surface area (Å²) < 4.78 is 2.06. The van der Waals surface area contributed by atoms with E-state index < -0.39 is 0 Å². The van der Waals surface area contributed by atoms with Gasteiger partial charge < -0.3 is 0 Å². The first-order chi connectivity index (χ1) is 16.8. The van der Waals surface area contributed by atoms with Crippen LogP contribution in [0.2, 0.25) is 0 Å². The molecule has 0 amide bonds. The first kappa shape index (κ1) is 21.7. The van der Waals surface area contributed by atoms with Crippen LogP contribution in [0.4, 0.5) is 0 Å². The van der Waals surface area contributed by atoms with Crippen LogP contribution in [0.5, 0.6) is 0 Å². The molecule has 0 aliphatic rings. The Bertz CT molecular complexity index is 1320. The van der Waals surface area contributed by atoms with Crippen molar-refractivity contribution >= 4 is 0 Å². The Morgan fingerprint density at radius 1 is 0.765 bits per heavy atom. The largest absolute Gasteiger partial charge is 0.245 e. The summed E-state index contributed by atoms with van der Waals surface area (Å²) in [7, 11) is 0. The number of tetrazole rings is 1. The SMILES string of the molecule is CCCc1nc(CCc2ccccc2)nn1Cc1ccc(-c2ccccc2-c2nn[nH]n2)cc1. The molecule has 3 aromatic carbocycles. The molecule has 34 heavy (non-hydrogen) atoms. The van der Waals surface area contributed by atoms with Crippen molar-refractivity contribution in [1.82, 2.24) is 35.4 Å². The zero-order valence-corrected chi connectivity index (χ0v) is 19.2. The van der Waals surface area contributed by atoms with Crippen LogP contribution in [0, 0.1) is 0 Å². The van der Waals surface area contributed by atoms with Crippen molar-refractivity contribution in [1.29, 1.82) is 0 Å². The molecule has 0 fully saturated rings. The first-order valence-electron chi connectivity index (χ1n) is 11.7. The Kier molecular flexibility index (Phi) is 6.52. The Hall–Kier alpha value is -4.13. The summed E-state index contributed by atoms with van der Waals surface area (Å²) in [5.41, 5.74) is 5.64. The molecule has 0 radical (unpaired) electrons. The van der Waals surface area contributed by atoms with Crippen molar-refractivity contribution in [2.24, 2.45) is 0 Å². The monoisotopic (exact) mass is 449 g/mol. The Labute approximate surface area is 198 Å². The van der Waals surface area contributed by atoms with Crippen LogP contribution in [0.3, 0.4) is 0 Å². The van der Waals surface area contributed by atoms with E-state index in [-0.39, 0.29) is 0 Å². The van der Waals surface area contributed by atoms with Gasteiger partial charge in [0.05, 0.1) is 6.54 Å². The van der Waals surface area contributed by atoms with Gasteiger partial charge in [0.1, 0.15) is 5.82 Å². The van der Waals surface area contributed by atoms with E-state index in [0.717, 1.165) is 54.0 Å². The van der Waals surface area contributed by atoms with Crippen molar-refractivity contribution in [3.63, 3.8) is 0 Å². The van der Waals surface area contributed by atoms with Crippen molar-refractivity contribution < 1.29 is 0 Å². The van der Waals surface area contributed by atoms with E-state index in [4.69, 9.17) is 10.1 Å². The maximum atomic E-state index is 4.85. The highest BCUT2D eigenvalue weighted by atomic mass is 15.5. The molecule has 0 saturated heterocycles. The topological polar surface area (TPSA) is 85.2 Å². The fourth-order valence-electron chi connectivity index (χ4n) is 4.14. The molecule has 5 rings (SSSR count). The fourth-order valence-corrected chi connectivity index (χ4v) is 4.14. The predicted molar refractivity (Wildman–Crippen MR) is 132 cm³/mol. The van der Waals surface area contributed by atoms with Crippen LogP contribution in [-0.2, 0) is 25.8 Å². The number of hydrogen-bond donors (Lipinski definition) is 1. The maximum absolute atomic E-state index is 4.85. The van der Waals surface area contributed by atoms with Gasteiger partial charge in [0.15, 0.2) is 5.82 Å². The highest BCUT2D eigenvalue weighted by molar-refractivity contribution is 5.80. The number of aryl methyl sites for hydroxylation is 3.